The van der Waals surface area contributed by atoms with Gasteiger partial charge in [0, 0.05) is 44.8 Å². The van der Waals surface area contributed by atoms with E-state index < -0.39 is 0 Å². The number of hydrogen-bond acceptors (Lipinski definition) is 4. The number of rotatable bonds is 4. The quantitative estimate of drug-likeness (QED) is 0.823. The Balaban J connectivity index is 1.57. The van der Waals surface area contributed by atoms with E-state index in [-0.39, 0.29) is 5.91 Å². The second kappa shape index (κ2) is 6.79. The number of fused-ring (bicyclic) bond motifs is 1. The molecular weight excluding hydrogens is 280 g/mol. The molecule has 0 aliphatic carbocycles. The van der Waals surface area contributed by atoms with Gasteiger partial charge in [-0.3, -0.25) is 14.4 Å². The molecule has 6 nitrogen and oxygen atoms in total. The standard InChI is InChI=1S/C16H26N4O2/c1-13(2)15-11-14-3-4-19(16(21)12-20(14)17-15)6-5-18-7-9-22-10-8-18/h11,13H,3-10,12H2,1-2H3. The van der Waals surface area contributed by atoms with E-state index in [2.05, 4.69) is 29.9 Å². The molecule has 1 fully saturated rings. The van der Waals surface area contributed by atoms with Crippen LogP contribution in [0.1, 0.15) is 31.2 Å². The number of hydrogen-bond donors (Lipinski definition) is 0. The summed E-state index contributed by atoms with van der Waals surface area (Å²) in [5.41, 5.74) is 2.27. The lowest BCUT2D eigenvalue weighted by Gasteiger charge is -2.29. The lowest BCUT2D eigenvalue weighted by atomic mass is 10.1. The summed E-state index contributed by atoms with van der Waals surface area (Å²) in [6.07, 6.45) is 0.897. The molecule has 0 saturated carbocycles. The zero-order valence-corrected chi connectivity index (χ0v) is 13.6. The maximum Gasteiger partial charge on any atom is 0.244 e. The summed E-state index contributed by atoms with van der Waals surface area (Å²) in [5, 5.41) is 4.59. The predicted molar refractivity (Wildman–Crippen MR) is 83.9 cm³/mol. The first-order chi connectivity index (χ1) is 10.6. The van der Waals surface area contributed by atoms with Gasteiger partial charge in [0.25, 0.3) is 0 Å². The van der Waals surface area contributed by atoms with Crippen molar-refractivity contribution in [1.29, 1.82) is 0 Å². The topological polar surface area (TPSA) is 50.6 Å². The number of carbonyl (C=O) groups is 1. The molecule has 0 unspecified atom stereocenters. The summed E-state index contributed by atoms with van der Waals surface area (Å²) >= 11 is 0. The molecule has 0 radical (unpaired) electrons. The molecule has 2 aliphatic rings. The molecule has 22 heavy (non-hydrogen) atoms. The van der Waals surface area contributed by atoms with Crippen LogP contribution in [0.2, 0.25) is 0 Å². The Morgan fingerprint density at radius 3 is 2.73 bits per heavy atom. The van der Waals surface area contributed by atoms with Crippen molar-refractivity contribution in [2.24, 2.45) is 0 Å². The first-order valence-corrected chi connectivity index (χ1v) is 8.28. The van der Waals surface area contributed by atoms with Gasteiger partial charge in [0.05, 0.1) is 18.9 Å². The van der Waals surface area contributed by atoms with Crippen LogP contribution in [-0.4, -0.2) is 71.4 Å². The van der Waals surface area contributed by atoms with Crippen molar-refractivity contribution in [3.05, 3.63) is 17.5 Å². The highest BCUT2D eigenvalue weighted by Gasteiger charge is 2.23. The van der Waals surface area contributed by atoms with Crippen molar-refractivity contribution in [3.63, 3.8) is 0 Å². The first kappa shape index (κ1) is 15.5. The van der Waals surface area contributed by atoms with Gasteiger partial charge in [-0.05, 0) is 12.0 Å². The Hall–Kier alpha value is -1.40. The Labute approximate surface area is 132 Å². The van der Waals surface area contributed by atoms with Crippen molar-refractivity contribution in [1.82, 2.24) is 19.6 Å². The predicted octanol–water partition coefficient (Wildman–Crippen LogP) is 0.723. The van der Waals surface area contributed by atoms with Crippen molar-refractivity contribution < 1.29 is 9.53 Å². The largest absolute Gasteiger partial charge is 0.379 e. The van der Waals surface area contributed by atoms with E-state index in [0.717, 1.165) is 58.1 Å². The van der Waals surface area contributed by atoms with Crippen LogP contribution in [0.4, 0.5) is 0 Å². The van der Waals surface area contributed by atoms with Gasteiger partial charge in [0.15, 0.2) is 0 Å². The molecule has 1 saturated heterocycles. The van der Waals surface area contributed by atoms with Gasteiger partial charge in [0.1, 0.15) is 6.54 Å². The maximum absolute atomic E-state index is 12.5. The highest BCUT2D eigenvalue weighted by atomic mass is 16.5. The van der Waals surface area contributed by atoms with Crippen LogP contribution in [0.5, 0.6) is 0 Å². The SMILES string of the molecule is CC(C)c1cc2n(n1)CC(=O)N(CCN1CCOCC1)CC2. The fourth-order valence-corrected chi connectivity index (χ4v) is 3.02. The third kappa shape index (κ3) is 3.50. The van der Waals surface area contributed by atoms with E-state index in [1.165, 1.54) is 5.69 Å². The van der Waals surface area contributed by atoms with E-state index in [0.29, 0.717) is 12.5 Å². The van der Waals surface area contributed by atoms with Crippen molar-refractivity contribution >= 4 is 5.91 Å². The molecular formula is C16H26N4O2. The van der Waals surface area contributed by atoms with Gasteiger partial charge in [-0.2, -0.15) is 5.10 Å². The van der Waals surface area contributed by atoms with Crippen LogP contribution in [0, 0.1) is 0 Å². The van der Waals surface area contributed by atoms with Crippen LogP contribution < -0.4 is 0 Å². The van der Waals surface area contributed by atoms with E-state index in [1.807, 2.05) is 9.58 Å². The van der Waals surface area contributed by atoms with Gasteiger partial charge < -0.3 is 9.64 Å². The van der Waals surface area contributed by atoms with E-state index >= 15 is 0 Å². The molecule has 2 aliphatic heterocycles. The van der Waals surface area contributed by atoms with Crippen molar-refractivity contribution in [2.75, 3.05) is 45.9 Å². The highest BCUT2D eigenvalue weighted by Crippen LogP contribution is 2.17. The summed E-state index contributed by atoms with van der Waals surface area (Å²) in [5.74, 6) is 0.595. The minimum Gasteiger partial charge on any atom is -0.379 e. The second-order valence-electron chi connectivity index (χ2n) is 6.46. The Bertz CT molecular complexity index is 520. The van der Waals surface area contributed by atoms with Gasteiger partial charge in [0.2, 0.25) is 5.91 Å². The molecule has 3 rings (SSSR count). The number of carbonyl (C=O) groups excluding carboxylic acids is 1. The van der Waals surface area contributed by atoms with Crippen LogP contribution in [0.25, 0.3) is 0 Å². The summed E-state index contributed by atoms with van der Waals surface area (Å²) in [7, 11) is 0. The van der Waals surface area contributed by atoms with Crippen LogP contribution in [0.15, 0.2) is 6.07 Å². The van der Waals surface area contributed by atoms with Crippen molar-refractivity contribution in [3.8, 4) is 0 Å². The molecule has 0 N–H and O–H groups in total. The molecule has 0 atom stereocenters. The number of ether oxygens (including phenoxy) is 1. The summed E-state index contributed by atoms with van der Waals surface area (Å²) in [4.78, 5) is 16.8. The highest BCUT2D eigenvalue weighted by molar-refractivity contribution is 5.76. The lowest BCUT2D eigenvalue weighted by Crippen LogP contribution is -2.43. The first-order valence-electron chi connectivity index (χ1n) is 8.28. The number of amides is 1. The average Bonchev–Trinajstić information content (AvgIpc) is 2.85. The van der Waals surface area contributed by atoms with Crippen LogP contribution in [0.3, 0.4) is 0 Å². The monoisotopic (exact) mass is 306 g/mol. The molecule has 1 aromatic heterocycles. The van der Waals surface area contributed by atoms with Crippen molar-refractivity contribution in [2.45, 2.75) is 32.7 Å². The van der Waals surface area contributed by atoms with Gasteiger partial charge in [-0.15, -0.1) is 0 Å². The molecule has 3 heterocycles. The zero-order chi connectivity index (χ0) is 15.5. The van der Waals surface area contributed by atoms with Gasteiger partial charge >= 0.3 is 0 Å². The summed E-state index contributed by atoms with van der Waals surface area (Å²) in [6.45, 7) is 10.8. The fraction of sp³-hybridized carbons (Fsp3) is 0.750. The summed E-state index contributed by atoms with van der Waals surface area (Å²) < 4.78 is 7.26. The van der Waals surface area contributed by atoms with Crippen LogP contribution >= 0.6 is 0 Å². The molecule has 122 valence electrons. The van der Waals surface area contributed by atoms with Crippen LogP contribution in [-0.2, 0) is 22.5 Å². The van der Waals surface area contributed by atoms with E-state index in [4.69, 9.17) is 4.74 Å². The smallest absolute Gasteiger partial charge is 0.244 e. The average molecular weight is 306 g/mol. The number of nitrogens with zero attached hydrogens (tertiary/aromatic N) is 4. The summed E-state index contributed by atoms with van der Waals surface area (Å²) in [6, 6.07) is 2.16. The Morgan fingerprint density at radius 2 is 2.00 bits per heavy atom. The minimum absolute atomic E-state index is 0.186. The number of aromatic nitrogens is 2. The Kier molecular flexibility index (Phi) is 4.78. The van der Waals surface area contributed by atoms with E-state index in [9.17, 15) is 4.79 Å². The molecule has 6 heteroatoms. The lowest BCUT2D eigenvalue weighted by molar-refractivity contribution is -0.131. The third-order valence-corrected chi connectivity index (χ3v) is 4.54. The fourth-order valence-electron chi connectivity index (χ4n) is 3.02. The number of morpholine rings is 1. The van der Waals surface area contributed by atoms with E-state index in [1.54, 1.807) is 0 Å². The zero-order valence-electron chi connectivity index (χ0n) is 13.6. The third-order valence-electron chi connectivity index (χ3n) is 4.54. The molecule has 0 spiro atoms. The Morgan fingerprint density at radius 1 is 1.23 bits per heavy atom. The molecule has 0 aromatic carbocycles. The normalized spacial score (nSPS) is 20.3. The minimum atomic E-state index is 0.186. The molecule has 1 amide bonds. The molecule has 1 aromatic rings. The maximum atomic E-state index is 12.5. The second-order valence-corrected chi connectivity index (χ2v) is 6.46. The van der Waals surface area contributed by atoms with Gasteiger partial charge in [-0.1, -0.05) is 13.8 Å². The molecule has 0 bridgehead atoms. The van der Waals surface area contributed by atoms with Gasteiger partial charge in [-0.25, -0.2) is 0 Å².